The molecule has 0 aromatic carbocycles. The van der Waals surface area contributed by atoms with E-state index < -0.39 is 0 Å². The summed E-state index contributed by atoms with van der Waals surface area (Å²) in [7, 11) is 0. The summed E-state index contributed by atoms with van der Waals surface area (Å²) >= 11 is 1.34. The van der Waals surface area contributed by atoms with Crippen LogP contribution in [-0.4, -0.2) is 15.9 Å². The van der Waals surface area contributed by atoms with Gasteiger partial charge in [-0.05, 0) is 11.6 Å². The Labute approximate surface area is 85.0 Å². The van der Waals surface area contributed by atoms with E-state index in [2.05, 4.69) is 15.3 Å². The topological polar surface area (TPSA) is 57.8 Å². The molecule has 0 aliphatic rings. The number of thiazole rings is 1. The quantitative estimate of drug-likeness (QED) is 0.799. The molecule has 0 radical (unpaired) electrons. The lowest BCUT2D eigenvalue weighted by atomic mass is 10.3. The molecule has 2 aromatic heterocycles. The van der Waals surface area contributed by atoms with E-state index in [0.717, 1.165) is 5.56 Å². The second-order valence-electron chi connectivity index (χ2n) is 2.77. The summed E-state index contributed by atoms with van der Waals surface area (Å²) in [6, 6.07) is 1.92. The zero-order valence-electron chi connectivity index (χ0n) is 7.36. The number of H-pyrrole nitrogens is 1. The Morgan fingerprint density at radius 3 is 3.21 bits per heavy atom. The average molecular weight is 207 g/mol. The fourth-order valence-corrected chi connectivity index (χ4v) is 1.60. The summed E-state index contributed by atoms with van der Waals surface area (Å²) < 4.78 is 0. The lowest BCUT2D eigenvalue weighted by Gasteiger charge is -1.99. The van der Waals surface area contributed by atoms with Gasteiger partial charge in [-0.25, -0.2) is 0 Å². The smallest absolute Gasteiger partial charge is 0.263 e. The van der Waals surface area contributed by atoms with Crippen LogP contribution < -0.4 is 5.32 Å². The highest BCUT2D eigenvalue weighted by atomic mass is 32.1. The molecule has 0 unspecified atom stereocenters. The molecule has 14 heavy (non-hydrogen) atoms. The van der Waals surface area contributed by atoms with Gasteiger partial charge in [-0.2, -0.15) is 0 Å². The monoisotopic (exact) mass is 207 g/mol. The summed E-state index contributed by atoms with van der Waals surface area (Å²) in [6.45, 7) is 0.542. The van der Waals surface area contributed by atoms with Crippen molar-refractivity contribution in [3.8, 4) is 0 Å². The van der Waals surface area contributed by atoms with Crippen LogP contribution in [0, 0.1) is 0 Å². The first-order valence-corrected chi connectivity index (χ1v) is 5.02. The van der Waals surface area contributed by atoms with Gasteiger partial charge in [-0.1, -0.05) is 0 Å². The number of aromatic nitrogens is 2. The number of nitrogens with zero attached hydrogens (tertiary/aromatic N) is 1. The molecule has 0 atom stereocenters. The van der Waals surface area contributed by atoms with E-state index in [1.165, 1.54) is 11.3 Å². The van der Waals surface area contributed by atoms with Gasteiger partial charge in [-0.3, -0.25) is 9.78 Å². The summed E-state index contributed by atoms with van der Waals surface area (Å²) in [5.41, 5.74) is 2.70. The zero-order valence-corrected chi connectivity index (χ0v) is 8.17. The summed E-state index contributed by atoms with van der Waals surface area (Å²) in [5, 5.41) is 2.80. The maximum atomic E-state index is 11.5. The van der Waals surface area contributed by atoms with E-state index in [4.69, 9.17) is 0 Å². The Morgan fingerprint density at radius 1 is 1.64 bits per heavy atom. The van der Waals surface area contributed by atoms with Gasteiger partial charge < -0.3 is 10.3 Å². The number of aromatic amines is 1. The molecule has 2 aromatic rings. The number of carbonyl (C=O) groups is 1. The molecular weight excluding hydrogens is 198 g/mol. The molecule has 0 aliphatic heterocycles. The standard InChI is InChI=1S/C9H9N3OS/c13-9(8-5-11-6-14-8)12-4-7-1-2-10-3-7/h1-3,5-6,10H,4H2,(H,12,13). The molecule has 0 saturated heterocycles. The highest BCUT2D eigenvalue weighted by molar-refractivity contribution is 7.11. The minimum atomic E-state index is -0.0753. The highest BCUT2D eigenvalue weighted by Gasteiger charge is 2.05. The number of hydrogen-bond donors (Lipinski definition) is 2. The predicted molar refractivity (Wildman–Crippen MR) is 54.1 cm³/mol. The summed E-state index contributed by atoms with van der Waals surface area (Å²) in [6.07, 6.45) is 5.25. The minimum absolute atomic E-state index is 0.0753. The molecule has 2 heterocycles. The van der Waals surface area contributed by atoms with E-state index in [1.807, 2.05) is 18.5 Å². The fourth-order valence-electron chi connectivity index (χ4n) is 1.07. The van der Waals surface area contributed by atoms with Gasteiger partial charge in [0.1, 0.15) is 4.88 Å². The Hall–Kier alpha value is -1.62. The van der Waals surface area contributed by atoms with Crippen LogP contribution in [-0.2, 0) is 6.54 Å². The SMILES string of the molecule is O=C(NCc1cc[nH]c1)c1cncs1. The Kier molecular flexibility index (Phi) is 2.60. The fraction of sp³-hybridized carbons (Fsp3) is 0.111. The zero-order chi connectivity index (χ0) is 9.80. The second-order valence-corrected chi connectivity index (χ2v) is 3.65. The maximum Gasteiger partial charge on any atom is 0.263 e. The normalized spacial score (nSPS) is 10.0. The van der Waals surface area contributed by atoms with Crippen LogP contribution in [0.1, 0.15) is 15.2 Å². The van der Waals surface area contributed by atoms with Gasteiger partial charge in [0.25, 0.3) is 5.91 Å². The molecule has 5 heteroatoms. The first kappa shape index (κ1) is 8.96. The van der Waals surface area contributed by atoms with Gasteiger partial charge in [0.2, 0.25) is 0 Å². The van der Waals surface area contributed by atoms with Crippen molar-refractivity contribution in [1.82, 2.24) is 15.3 Å². The van der Waals surface area contributed by atoms with Crippen molar-refractivity contribution in [1.29, 1.82) is 0 Å². The molecule has 0 fully saturated rings. The van der Waals surface area contributed by atoms with Crippen LogP contribution in [0.4, 0.5) is 0 Å². The van der Waals surface area contributed by atoms with E-state index in [1.54, 1.807) is 11.7 Å². The molecule has 0 spiro atoms. The molecule has 2 N–H and O–H groups in total. The Balaban J connectivity index is 1.90. The average Bonchev–Trinajstić information content (AvgIpc) is 2.87. The van der Waals surface area contributed by atoms with Crippen molar-refractivity contribution >= 4 is 17.2 Å². The van der Waals surface area contributed by atoms with Crippen molar-refractivity contribution in [2.75, 3.05) is 0 Å². The van der Waals surface area contributed by atoms with Crippen LogP contribution in [0.2, 0.25) is 0 Å². The summed E-state index contributed by atoms with van der Waals surface area (Å²) in [4.78, 5) is 18.9. The van der Waals surface area contributed by atoms with Crippen LogP contribution in [0.15, 0.2) is 30.2 Å². The molecule has 0 bridgehead atoms. The first-order chi connectivity index (χ1) is 6.86. The van der Waals surface area contributed by atoms with Gasteiger partial charge in [-0.15, -0.1) is 11.3 Å². The largest absolute Gasteiger partial charge is 0.367 e. The first-order valence-electron chi connectivity index (χ1n) is 4.14. The lowest BCUT2D eigenvalue weighted by Crippen LogP contribution is -2.21. The van der Waals surface area contributed by atoms with Gasteiger partial charge in [0.15, 0.2) is 0 Å². The number of rotatable bonds is 3. The Morgan fingerprint density at radius 2 is 2.57 bits per heavy atom. The minimum Gasteiger partial charge on any atom is -0.367 e. The maximum absolute atomic E-state index is 11.5. The third-order valence-corrected chi connectivity index (χ3v) is 2.54. The van der Waals surface area contributed by atoms with Gasteiger partial charge in [0, 0.05) is 18.9 Å². The third kappa shape index (κ3) is 2.00. The Bertz CT molecular complexity index is 394. The van der Waals surface area contributed by atoms with E-state index in [0.29, 0.717) is 11.4 Å². The van der Waals surface area contributed by atoms with Gasteiger partial charge >= 0.3 is 0 Å². The van der Waals surface area contributed by atoms with E-state index >= 15 is 0 Å². The van der Waals surface area contributed by atoms with Crippen LogP contribution in [0.3, 0.4) is 0 Å². The number of hydrogen-bond acceptors (Lipinski definition) is 3. The number of carbonyl (C=O) groups excluding carboxylic acids is 1. The molecule has 72 valence electrons. The van der Waals surface area contributed by atoms with Crippen molar-refractivity contribution in [3.05, 3.63) is 40.6 Å². The van der Waals surface area contributed by atoms with Gasteiger partial charge in [0.05, 0.1) is 11.7 Å². The second kappa shape index (κ2) is 4.06. The lowest BCUT2D eigenvalue weighted by molar-refractivity contribution is 0.0955. The van der Waals surface area contributed by atoms with E-state index in [-0.39, 0.29) is 5.91 Å². The van der Waals surface area contributed by atoms with Crippen molar-refractivity contribution in [2.24, 2.45) is 0 Å². The predicted octanol–water partition coefficient (Wildman–Crippen LogP) is 1.40. The van der Waals surface area contributed by atoms with Crippen molar-refractivity contribution < 1.29 is 4.79 Å². The van der Waals surface area contributed by atoms with Crippen molar-refractivity contribution in [2.45, 2.75) is 6.54 Å². The molecule has 2 rings (SSSR count). The van der Waals surface area contributed by atoms with Crippen LogP contribution in [0.25, 0.3) is 0 Å². The molecular formula is C9H9N3OS. The third-order valence-electron chi connectivity index (χ3n) is 1.77. The van der Waals surface area contributed by atoms with Crippen LogP contribution >= 0.6 is 11.3 Å². The number of nitrogens with one attached hydrogen (secondary N) is 2. The molecule has 0 aliphatic carbocycles. The van der Waals surface area contributed by atoms with Crippen molar-refractivity contribution in [3.63, 3.8) is 0 Å². The molecule has 1 amide bonds. The van der Waals surface area contributed by atoms with Crippen LogP contribution in [0.5, 0.6) is 0 Å². The molecule has 4 nitrogen and oxygen atoms in total. The van der Waals surface area contributed by atoms with E-state index in [9.17, 15) is 4.79 Å². The summed E-state index contributed by atoms with van der Waals surface area (Å²) in [5.74, 6) is -0.0753. The molecule has 0 saturated carbocycles. The number of amides is 1. The highest BCUT2D eigenvalue weighted by Crippen LogP contribution is 2.05.